The zero-order valence-electron chi connectivity index (χ0n) is 12.0. The molecule has 21 heavy (non-hydrogen) atoms. The molecular formula is C17H18BrNO2. The van der Waals surface area contributed by atoms with Crippen molar-refractivity contribution in [1.82, 2.24) is 4.90 Å². The fourth-order valence-electron chi connectivity index (χ4n) is 2.39. The summed E-state index contributed by atoms with van der Waals surface area (Å²) in [7, 11) is 0. The van der Waals surface area contributed by atoms with Gasteiger partial charge in [0.1, 0.15) is 11.5 Å². The predicted octanol–water partition coefficient (Wildman–Crippen LogP) is 4.29. The van der Waals surface area contributed by atoms with Gasteiger partial charge in [-0.25, -0.2) is 0 Å². The Bertz CT molecular complexity index is 628. The molecule has 2 aromatic rings. The summed E-state index contributed by atoms with van der Waals surface area (Å²) in [6.45, 7) is 2.48. The van der Waals surface area contributed by atoms with Gasteiger partial charge >= 0.3 is 0 Å². The molecule has 1 aromatic heterocycles. The molecule has 1 aliphatic carbocycles. The number of nitrogens with zero attached hydrogens (tertiary/aromatic N) is 1. The molecule has 0 atom stereocenters. The van der Waals surface area contributed by atoms with Crippen LogP contribution in [-0.2, 0) is 11.9 Å². The monoisotopic (exact) mass is 347 g/mol. The molecule has 110 valence electrons. The van der Waals surface area contributed by atoms with Gasteiger partial charge in [-0.05, 0) is 49.6 Å². The van der Waals surface area contributed by atoms with E-state index in [0.717, 1.165) is 35.3 Å². The van der Waals surface area contributed by atoms with E-state index in [4.69, 9.17) is 4.42 Å². The highest BCUT2D eigenvalue weighted by Gasteiger charge is 2.33. The Labute approximate surface area is 133 Å². The molecule has 1 heterocycles. The zero-order chi connectivity index (χ0) is 14.8. The predicted molar refractivity (Wildman–Crippen MR) is 85.4 cm³/mol. The second-order valence-electron chi connectivity index (χ2n) is 5.51. The normalized spacial score (nSPS) is 14.2. The molecule has 0 spiro atoms. The van der Waals surface area contributed by atoms with Crippen LogP contribution >= 0.6 is 15.9 Å². The summed E-state index contributed by atoms with van der Waals surface area (Å²) in [5.74, 6) is 1.83. The van der Waals surface area contributed by atoms with E-state index in [1.165, 1.54) is 5.56 Å². The summed E-state index contributed by atoms with van der Waals surface area (Å²) in [6.07, 6.45) is 2.18. The maximum Gasteiger partial charge on any atom is 0.254 e. The molecule has 1 aromatic carbocycles. The number of rotatable bonds is 5. The summed E-state index contributed by atoms with van der Waals surface area (Å²) >= 11 is 3.42. The number of furan rings is 1. The van der Waals surface area contributed by atoms with Crippen LogP contribution in [0.15, 0.2) is 40.8 Å². The summed E-state index contributed by atoms with van der Waals surface area (Å²) in [6, 6.07) is 12.0. The number of amides is 1. The van der Waals surface area contributed by atoms with Gasteiger partial charge in [0.15, 0.2) is 0 Å². The van der Waals surface area contributed by atoms with Gasteiger partial charge < -0.3 is 9.32 Å². The SMILES string of the molecule is Cc1ccc(CN(C(=O)c2ccc(CBr)cc2)C2CC2)o1. The fourth-order valence-corrected chi connectivity index (χ4v) is 2.77. The van der Waals surface area contributed by atoms with E-state index in [-0.39, 0.29) is 5.91 Å². The van der Waals surface area contributed by atoms with Gasteiger partial charge in [0, 0.05) is 16.9 Å². The largest absolute Gasteiger partial charge is 0.464 e. The van der Waals surface area contributed by atoms with Crippen molar-refractivity contribution >= 4 is 21.8 Å². The topological polar surface area (TPSA) is 33.5 Å². The summed E-state index contributed by atoms with van der Waals surface area (Å²) < 4.78 is 5.61. The molecule has 1 saturated carbocycles. The Balaban J connectivity index is 1.77. The van der Waals surface area contributed by atoms with E-state index < -0.39 is 0 Å². The first-order valence-electron chi connectivity index (χ1n) is 7.18. The van der Waals surface area contributed by atoms with Crippen molar-refractivity contribution in [3.63, 3.8) is 0 Å². The van der Waals surface area contributed by atoms with Crippen LogP contribution in [0.25, 0.3) is 0 Å². The highest BCUT2D eigenvalue weighted by atomic mass is 79.9. The van der Waals surface area contributed by atoms with Gasteiger partial charge in [-0.3, -0.25) is 4.79 Å². The summed E-state index contributed by atoms with van der Waals surface area (Å²) in [5.41, 5.74) is 1.92. The van der Waals surface area contributed by atoms with Crippen molar-refractivity contribution in [3.8, 4) is 0 Å². The number of hydrogen-bond acceptors (Lipinski definition) is 2. The minimum absolute atomic E-state index is 0.0904. The van der Waals surface area contributed by atoms with E-state index >= 15 is 0 Å². The Morgan fingerprint density at radius 3 is 2.48 bits per heavy atom. The number of hydrogen-bond donors (Lipinski definition) is 0. The van der Waals surface area contributed by atoms with Gasteiger partial charge in [0.2, 0.25) is 0 Å². The Hall–Kier alpha value is -1.55. The third-order valence-electron chi connectivity index (χ3n) is 3.73. The minimum atomic E-state index is 0.0904. The number of benzene rings is 1. The lowest BCUT2D eigenvalue weighted by molar-refractivity contribution is 0.0717. The van der Waals surface area contributed by atoms with Gasteiger partial charge in [-0.2, -0.15) is 0 Å². The lowest BCUT2D eigenvalue weighted by Gasteiger charge is -2.21. The van der Waals surface area contributed by atoms with Crippen molar-refractivity contribution in [2.24, 2.45) is 0 Å². The molecule has 1 fully saturated rings. The first-order chi connectivity index (χ1) is 10.2. The second kappa shape index (κ2) is 6.06. The molecule has 3 nitrogen and oxygen atoms in total. The third kappa shape index (κ3) is 3.38. The fraction of sp³-hybridized carbons (Fsp3) is 0.353. The van der Waals surface area contributed by atoms with Crippen molar-refractivity contribution < 1.29 is 9.21 Å². The maximum absolute atomic E-state index is 12.7. The number of carbonyl (C=O) groups is 1. The standard InChI is InChI=1S/C17H18BrNO2/c1-12-2-9-16(21-12)11-19(15-7-8-15)17(20)14-5-3-13(10-18)4-6-14/h2-6,9,15H,7-8,10-11H2,1H3. The van der Waals surface area contributed by atoms with E-state index in [9.17, 15) is 4.79 Å². The van der Waals surface area contributed by atoms with Gasteiger partial charge in [-0.15, -0.1) is 0 Å². The number of alkyl halides is 1. The van der Waals surface area contributed by atoms with Crippen LogP contribution in [0.5, 0.6) is 0 Å². The lowest BCUT2D eigenvalue weighted by Crippen LogP contribution is -2.32. The number of carbonyl (C=O) groups excluding carboxylic acids is 1. The second-order valence-corrected chi connectivity index (χ2v) is 6.07. The Kier molecular flexibility index (Phi) is 4.15. The average molecular weight is 348 g/mol. The summed E-state index contributed by atoms with van der Waals surface area (Å²) in [5, 5.41) is 0.805. The molecule has 4 heteroatoms. The van der Waals surface area contributed by atoms with Crippen molar-refractivity contribution in [2.75, 3.05) is 0 Å². The molecule has 1 amide bonds. The van der Waals surface area contributed by atoms with Gasteiger partial charge in [-0.1, -0.05) is 28.1 Å². The zero-order valence-corrected chi connectivity index (χ0v) is 13.6. The van der Waals surface area contributed by atoms with Crippen LogP contribution in [0.2, 0.25) is 0 Å². The van der Waals surface area contributed by atoms with Crippen LogP contribution in [0.1, 0.15) is 40.3 Å². The van der Waals surface area contributed by atoms with Crippen LogP contribution < -0.4 is 0 Å². The summed E-state index contributed by atoms with van der Waals surface area (Å²) in [4.78, 5) is 14.6. The van der Waals surface area contributed by atoms with Crippen molar-refractivity contribution in [2.45, 2.75) is 37.7 Å². The first-order valence-corrected chi connectivity index (χ1v) is 8.30. The van der Waals surface area contributed by atoms with E-state index in [2.05, 4.69) is 15.9 Å². The van der Waals surface area contributed by atoms with Crippen molar-refractivity contribution in [3.05, 3.63) is 59.0 Å². The van der Waals surface area contributed by atoms with E-state index in [1.807, 2.05) is 48.2 Å². The quantitative estimate of drug-likeness (QED) is 0.756. The number of aryl methyl sites for hydroxylation is 1. The smallest absolute Gasteiger partial charge is 0.254 e. The average Bonchev–Trinajstić information content (AvgIpc) is 3.27. The van der Waals surface area contributed by atoms with Crippen LogP contribution in [-0.4, -0.2) is 16.8 Å². The molecule has 0 N–H and O–H groups in total. The van der Waals surface area contributed by atoms with E-state index in [0.29, 0.717) is 12.6 Å². The molecule has 0 unspecified atom stereocenters. The first kappa shape index (κ1) is 14.4. The third-order valence-corrected chi connectivity index (χ3v) is 4.37. The minimum Gasteiger partial charge on any atom is -0.464 e. The Morgan fingerprint density at radius 2 is 1.95 bits per heavy atom. The van der Waals surface area contributed by atoms with E-state index in [1.54, 1.807) is 0 Å². The molecular weight excluding hydrogens is 330 g/mol. The maximum atomic E-state index is 12.7. The highest BCUT2D eigenvalue weighted by molar-refractivity contribution is 9.08. The van der Waals surface area contributed by atoms with Crippen LogP contribution in [0.3, 0.4) is 0 Å². The number of halogens is 1. The van der Waals surface area contributed by atoms with Gasteiger partial charge in [0.25, 0.3) is 5.91 Å². The highest BCUT2D eigenvalue weighted by Crippen LogP contribution is 2.30. The Morgan fingerprint density at radius 1 is 1.24 bits per heavy atom. The molecule has 3 rings (SSSR count). The van der Waals surface area contributed by atoms with Gasteiger partial charge in [0.05, 0.1) is 6.54 Å². The van der Waals surface area contributed by atoms with Crippen molar-refractivity contribution in [1.29, 1.82) is 0 Å². The van der Waals surface area contributed by atoms with Crippen LogP contribution in [0.4, 0.5) is 0 Å². The molecule has 1 aliphatic rings. The van der Waals surface area contributed by atoms with Crippen LogP contribution in [0, 0.1) is 6.92 Å². The molecule has 0 saturated heterocycles. The molecule has 0 radical (unpaired) electrons. The molecule has 0 bridgehead atoms. The lowest BCUT2D eigenvalue weighted by atomic mass is 10.1. The molecule has 0 aliphatic heterocycles.